The van der Waals surface area contributed by atoms with E-state index < -0.39 is 5.97 Å². The zero-order valence-corrected chi connectivity index (χ0v) is 11.3. The maximum absolute atomic E-state index is 11.2. The van der Waals surface area contributed by atoms with E-state index in [4.69, 9.17) is 5.26 Å². The first kappa shape index (κ1) is 11.7. The molecule has 7 heteroatoms. The van der Waals surface area contributed by atoms with Crippen LogP contribution in [0.1, 0.15) is 16.1 Å². The predicted octanol–water partition coefficient (Wildman–Crippen LogP) is 2.16. The predicted molar refractivity (Wildman–Crippen MR) is 71.0 cm³/mol. The Morgan fingerprint density at radius 1 is 1.53 bits per heavy atom. The molecule has 0 aliphatic rings. The van der Waals surface area contributed by atoms with Crippen LogP contribution in [0.5, 0.6) is 0 Å². The van der Waals surface area contributed by atoms with Gasteiger partial charge in [0, 0.05) is 7.05 Å². The number of benzene rings is 1. The summed E-state index contributed by atoms with van der Waals surface area (Å²) in [7, 11) is 1.64. The van der Waals surface area contributed by atoms with Crippen LogP contribution < -0.4 is 0 Å². The zero-order valence-electron chi connectivity index (χ0n) is 9.75. The number of aromatic nitrogens is 3. The van der Waals surface area contributed by atoms with E-state index in [9.17, 15) is 9.90 Å². The minimum absolute atomic E-state index is 0.133. The number of carbonyl (C=O) groups is 1. The van der Waals surface area contributed by atoms with Crippen LogP contribution in [-0.2, 0) is 7.05 Å². The van der Waals surface area contributed by atoms with Crippen LogP contribution in [0.2, 0.25) is 0 Å². The van der Waals surface area contributed by atoms with Crippen molar-refractivity contribution < 1.29 is 9.90 Å². The Bertz CT molecular complexity index is 885. The van der Waals surface area contributed by atoms with Crippen molar-refractivity contribution >= 4 is 38.7 Å². The summed E-state index contributed by atoms with van der Waals surface area (Å²) in [5, 5.41) is 18.1. The highest BCUT2D eigenvalue weighted by Crippen LogP contribution is 2.27. The molecule has 2 aromatic heterocycles. The number of fused-ring (bicyclic) bond motifs is 3. The fourth-order valence-electron chi connectivity index (χ4n) is 2.13. The average Bonchev–Trinajstić information content (AvgIpc) is 2.85. The molecule has 0 radical (unpaired) electrons. The molecule has 0 aliphatic carbocycles. The first-order chi connectivity index (χ1) is 9.04. The van der Waals surface area contributed by atoms with Crippen molar-refractivity contribution in [3.8, 4) is 6.07 Å². The number of nitrogens with zero attached hydrogens (tertiary/aromatic N) is 4. The summed E-state index contributed by atoms with van der Waals surface area (Å²) in [5.41, 5.74) is 2.06. The van der Waals surface area contributed by atoms with Crippen LogP contribution in [0, 0.1) is 11.3 Å². The summed E-state index contributed by atoms with van der Waals surface area (Å²) in [4.78, 5) is 15.6. The number of rotatable bonds is 1. The number of aromatic carboxylic acids is 1. The minimum Gasteiger partial charge on any atom is -0.476 e. The Kier molecular flexibility index (Phi) is 2.37. The molecule has 0 bridgehead atoms. The third-order valence-corrected chi connectivity index (χ3v) is 3.73. The van der Waals surface area contributed by atoms with Crippen molar-refractivity contribution in [1.82, 2.24) is 14.0 Å². The fraction of sp³-hybridized carbons (Fsp3) is 0.0833. The minimum atomic E-state index is -1.03. The van der Waals surface area contributed by atoms with Gasteiger partial charge in [-0.15, -0.1) is 0 Å². The molecule has 2 heterocycles. The van der Waals surface area contributed by atoms with Gasteiger partial charge in [0.05, 0.1) is 22.7 Å². The molecular formula is C12H7BrN4O2. The normalized spacial score (nSPS) is 11.0. The first-order valence-electron chi connectivity index (χ1n) is 5.34. The summed E-state index contributed by atoms with van der Waals surface area (Å²) in [6.07, 6.45) is 0. The molecule has 0 aliphatic heterocycles. The molecule has 1 N–H and O–H groups in total. The molecule has 19 heavy (non-hydrogen) atoms. The Balaban J connectivity index is 2.49. The van der Waals surface area contributed by atoms with Gasteiger partial charge in [0.15, 0.2) is 5.69 Å². The van der Waals surface area contributed by atoms with E-state index in [1.807, 2.05) is 0 Å². The molecule has 1 aromatic carbocycles. The molecule has 3 rings (SSSR count). The SMILES string of the molecule is Cn1c(C(=O)O)c(Br)n2c3ccc(C#N)cc3nc12. The van der Waals surface area contributed by atoms with Crippen molar-refractivity contribution in [2.24, 2.45) is 7.05 Å². The lowest BCUT2D eigenvalue weighted by Gasteiger charge is -1.96. The molecule has 0 atom stereocenters. The highest BCUT2D eigenvalue weighted by atomic mass is 79.9. The summed E-state index contributed by atoms with van der Waals surface area (Å²) in [6.45, 7) is 0. The number of halogens is 1. The van der Waals surface area contributed by atoms with Gasteiger partial charge in [-0.25, -0.2) is 9.78 Å². The van der Waals surface area contributed by atoms with Crippen LogP contribution >= 0.6 is 15.9 Å². The topological polar surface area (TPSA) is 83.3 Å². The molecular weight excluding hydrogens is 312 g/mol. The van der Waals surface area contributed by atoms with E-state index in [0.717, 1.165) is 5.52 Å². The summed E-state index contributed by atoms with van der Waals surface area (Å²) in [5.74, 6) is -0.518. The van der Waals surface area contributed by atoms with Crippen LogP contribution in [0.25, 0.3) is 16.8 Å². The van der Waals surface area contributed by atoms with Gasteiger partial charge in [-0.3, -0.25) is 4.40 Å². The average molecular weight is 319 g/mol. The molecule has 0 spiro atoms. The molecule has 94 valence electrons. The molecule has 3 aromatic rings. The van der Waals surface area contributed by atoms with Gasteiger partial charge >= 0.3 is 5.97 Å². The van der Waals surface area contributed by atoms with Crippen LogP contribution in [0.4, 0.5) is 0 Å². The lowest BCUT2D eigenvalue weighted by atomic mass is 10.2. The Morgan fingerprint density at radius 3 is 2.89 bits per heavy atom. The molecule has 0 saturated heterocycles. The highest BCUT2D eigenvalue weighted by Gasteiger charge is 2.22. The first-order valence-corrected chi connectivity index (χ1v) is 6.13. The van der Waals surface area contributed by atoms with Gasteiger partial charge < -0.3 is 9.67 Å². The molecule has 0 saturated carbocycles. The van der Waals surface area contributed by atoms with Crippen molar-refractivity contribution in [1.29, 1.82) is 5.26 Å². The molecule has 0 amide bonds. The second kappa shape index (κ2) is 3.83. The van der Waals surface area contributed by atoms with Gasteiger partial charge in [0.2, 0.25) is 5.78 Å². The number of carboxylic acids is 1. The van der Waals surface area contributed by atoms with Crippen molar-refractivity contribution in [3.05, 3.63) is 34.1 Å². The van der Waals surface area contributed by atoms with Gasteiger partial charge in [0.1, 0.15) is 4.60 Å². The largest absolute Gasteiger partial charge is 0.476 e. The van der Waals surface area contributed by atoms with E-state index in [2.05, 4.69) is 27.0 Å². The van der Waals surface area contributed by atoms with Crippen molar-refractivity contribution in [3.63, 3.8) is 0 Å². The third-order valence-electron chi connectivity index (χ3n) is 3.00. The number of aryl methyl sites for hydroxylation is 1. The lowest BCUT2D eigenvalue weighted by Crippen LogP contribution is -2.05. The second-order valence-electron chi connectivity index (χ2n) is 4.07. The summed E-state index contributed by atoms with van der Waals surface area (Å²) >= 11 is 3.30. The lowest BCUT2D eigenvalue weighted by molar-refractivity contribution is 0.0685. The van der Waals surface area contributed by atoms with Gasteiger partial charge in [-0.1, -0.05) is 0 Å². The molecule has 0 unspecified atom stereocenters. The van der Waals surface area contributed by atoms with E-state index in [-0.39, 0.29) is 5.69 Å². The zero-order chi connectivity index (χ0) is 13.7. The molecule has 6 nitrogen and oxygen atoms in total. The van der Waals surface area contributed by atoms with Crippen LogP contribution in [-0.4, -0.2) is 25.0 Å². The summed E-state index contributed by atoms with van der Waals surface area (Å²) in [6, 6.07) is 7.16. The number of nitriles is 1. The smallest absolute Gasteiger partial charge is 0.355 e. The molecule has 0 fully saturated rings. The van der Waals surface area contributed by atoms with Crippen molar-refractivity contribution in [2.45, 2.75) is 0 Å². The van der Waals surface area contributed by atoms with E-state index in [1.54, 1.807) is 29.6 Å². The van der Waals surface area contributed by atoms with Gasteiger partial charge in [-0.2, -0.15) is 5.26 Å². The number of imidazole rings is 2. The number of carboxylic acid groups (broad SMARTS) is 1. The number of hydrogen-bond acceptors (Lipinski definition) is 3. The summed E-state index contributed by atoms with van der Waals surface area (Å²) < 4.78 is 3.64. The van der Waals surface area contributed by atoms with E-state index in [0.29, 0.717) is 21.5 Å². The standard InChI is InChI=1S/C12H7BrN4O2/c1-16-9(11(18)19)10(13)17-8-3-2-6(5-14)4-7(8)15-12(16)17/h2-4H,1H3,(H,18,19). The Labute approximate surface area is 115 Å². The Hall–Kier alpha value is -2.33. The van der Waals surface area contributed by atoms with E-state index in [1.165, 1.54) is 4.57 Å². The third kappa shape index (κ3) is 1.47. The van der Waals surface area contributed by atoms with Gasteiger partial charge in [0.25, 0.3) is 0 Å². The second-order valence-corrected chi connectivity index (χ2v) is 4.82. The van der Waals surface area contributed by atoms with Crippen LogP contribution in [0.3, 0.4) is 0 Å². The maximum Gasteiger partial charge on any atom is 0.355 e. The monoisotopic (exact) mass is 318 g/mol. The van der Waals surface area contributed by atoms with Crippen LogP contribution in [0.15, 0.2) is 22.8 Å². The highest BCUT2D eigenvalue weighted by molar-refractivity contribution is 9.10. The number of hydrogen-bond donors (Lipinski definition) is 1. The Morgan fingerprint density at radius 2 is 2.26 bits per heavy atom. The van der Waals surface area contributed by atoms with Gasteiger partial charge in [-0.05, 0) is 34.1 Å². The fourth-order valence-corrected chi connectivity index (χ4v) is 2.92. The van der Waals surface area contributed by atoms with Crippen molar-refractivity contribution in [2.75, 3.05) is 0 Å². The van der Waals surface area contributed by atoms with E-state index >= 15 is 0 Å². The quantitative estimate of drug-likeness (QED) is 0.745. The maximum atomic E-state index is 11.2.